The molecule has 1 aromatic carbocycles. The van der Waals surface area contributed by atoms with Crippen molar-refractivity contribution in [1.82, 2.24) is 5.32 Å². The molecule has 0 radical (unpaired) electrons. The summed E-state index contributed by atoms with van der Waals surface area (Å²) in [4.78, 5) is 37.2. The summed E-state index contributed by atoms with van der Waals surface area (Å²) < 4.78 is 5.52. The molecule has 0 saturated carbocycles. The van der Waals surface area contributed by atoms with Gasteiger partial charge in [-0.25, -0.2) is 0 Å². The van der Waals surface area contributed by atoms with Crippen LogP contribution in [0.4, 0.5) is 5.69 Å². The van der Waals surface area contributed by atoms with Crippen molar-refractivity contribution in [3.05, 3.63) is 23.8 Å². The zero-order valence-electron chi connectivity index (χ0n) is 12.6. The summed E-state index contributed by atoms with van der Waals surface area (Å²) in [6, 6.07) is 4.74. The van der Waals surface area contributed by atoms with Crippen molar-refractivity contribution in [2.24, 2.45) is 0 Å². The second-order valence-corrected chi connectivity index (χ2v) is 5.68. The maximum atomic E-state index is 12.3. The summed E-state index contributed by atoms with van der Waals surface area (Å²) in [6.07, 6.45) is -0.689. The van der Waals surface area contributed by atoms with Crippen LogP contribution in [0.3, 0.4) is 0 Å². The Morgan fingerprint density at radius 3 is 2.73 bits per heavy atom. The van der Waals surface area contributed by atoms with Gasteiger partial charge in [0.15, 0.2) is 11.9 Å². The summed E-state index contributed by atoms with van der Waals surface area (Å²) in [5.41, 5.74) is 0.768. The lowest BCUT2D eigenvalue weighted by molar-refractivity contribution is -0.128. The number of amides is 2. The van der Waals surface area contributed by atoms with E-state index in [1.54, 1.807) is 26.0 Å². The number of hydrogen-bond donors (Lipinski definition) is 1. The predicted molar refractivity (Wildman–Crippen MR) is 82.6 cm³/mol. The van der Waals surface area contributed by atoms with E-state index in [0.29, 0.717) is 17.0 Å². The van der Waals surface area contributed by atoms with Crippen LogP contribution in [0.1, 0.15) is 24.2 Å². The van der Waals surface area contributed by atoms with Gasteiger partial charge < -0.3 is 10.1 Å². The Hall–Kier alpha value is -2.08. The largest absolute Gasteiger partial charge is 0.479 e. The summed E-state index contributed by atoms with van der Waals surface area (Å²) >= 11 is 5.82. The maximum absolute atomic E-state index is 12.3. The summed E-state index contributed by atoms with van der Waals surface area (Å²) in [7, 11) is 1.49. The van der Waals surface area contributed by atoms with Crippen LogP contribution in [0.5, 0.6) is 5.75 Å². The molecule has 2 amide bonds. The van der Waals surface area contributed by atoms with Crippen LogP contribution in [0.25, 0.3) is 0 Å². The Morgan fingerprint density at radius 1 is 1.45 bits per heavy atom. The topological polar surface area (TPSA) is 75.7 Å². The number of rotatable bonds is 4. The Balaban J connectivity index is 2.45. The van der Waals surface area contributed by atoms with Crippen LogP contribution in [0, 0.1) is 0 Å². The third-order valence-corrected chi connectivity index (χ3v) is 3.59. The molecule has 2 unspecified atom stereocenters. The lowest BCUT2D eigenvalue weighted by Crippen LogP contribution is -2.48. The third kappa shape index (κ3) is 3.06. The monoisotopic (exact) mass is 324 g/mol. The summed E-state index contributed by atoms with van der Waals surface area (Å²) in [5, 5.41) is 1.80. The second kappa shape index (κ2) is 6.36. The van der Waals surface area contributed by atoms with Gasteiger partial charge in [0.1, 0.15) is 12.3 Å². The van der Waals surface area contributed by atoms with Crippen LogP contribution in [-0.2, 0) is 9.59 Å². The number of nitrogens with zero attached hydrogens (tertiary/aromatic N) is 1. The number of halogens is 1. The highest BCUT2D eigenvalue weighted by Crippen LogP contribution is 2.35. The van der Waals surface area contributed by atoms with Crippen molar-refractivity contribution in [1.29, 1.82) is 0 Å². The van der Waals surface area contributed by atoms with Gasteiger partial charge in [-0.1, -0.05) is 0 Å². The lowest BCUT2D eigenvalue weighted by Gasteiger charge is -2.32. The van der Waals surface area contributed by atoms with Crippen molar-refractivity contribution < 1.29 is 19.1 Å². The first-order valence-corrected chi connectivity index (χ1v) is 7.29. The minimum Gasteiger partial charge on any atom is -0.479 e. The van der Waals surface area contributed by atoms with Gasteiger partial charge in [-0.15, -0.1) is 11.6 Å². The molecule has 0 bridgehead atoms. The number of alkyl halides is 1. The van der Waals surface area contributed by atoms with Crippen LogP contribution in [0.15, 0.2) is 18.2 Å². The number of ether oxygens (including phenoxy) is 1. The molecule has 1 N–H and O–H groups in total. The average Bonchev–Trinajstić information content (AvgIpc) is 2.50. The molecule has 1 aromatic rings. The van der Waals surface area contributed by atoms with Gasteiger partial charge in [-0.2, -0.15) is 0 Å². The van der Waals surface area contributed by atoms with E-state index in [1.807, 2.05) is 0 Å². The van der Waals surface area contributed by atoms with Crippen molar-refractivity contribution in [3.8, 4) is 5.75 Å². The molecule has 2 atom stereocenters. The number of anilines is 1. The van der Waals surface area contributed by atoms with E-state index in [4.69, 9.17) is 16.3 Å². The molecule has 1 aliphatic heterocycles. The molecule has 1 heterocycles. The minimum atomic E-state index is -0.689. The highest BCUT2D eigenvalue weighted by atomic mass is 35.5. The van der Waals surface area contributed by atoms with E-state index in [0.717, 1.165) is 0 Å². The van der Waals surface area contributed by atoms with Gasteiger partial charge in [-0.05, 0) is 32.0 Å². The zero-order chi connectivity index (χ0) is 16.4. The van der Waals surface area contributed by atoms with Crippen molar-refractivity contribution in [3.63, 3.8) is 0 Å². The number of fused-ring (bicyclic) bond motifs is 1. The van der Waals surface area contributed by atoms with Gasteiger partial charge in [0, 0.05) is 12.6 Å². The predicted octanol–water partition coefficient (Wildman–Crippen LogP) is 1.36. The van der Waals surface area contributed by atoms with Gasteiger partial charge in [0.25, 0.3) is 5.91 Å². The number of hydrogen-bond acceptors (Lipinski definition) is 4. The molecule has 0 fully saturated rings. The SMILES string of the molecule is CNC(=O)CN1C(=O)C(C)Oc2ccc(C(=O)C(C)Cl)cc21. The van der Waals surface area contributed by atoms with Gasteiger partial charge >= 0.3 is 0 Å². The first-order valence-electron chi connectivity index (χ1n) is 6.86. The Labute approximate surface area is 133 Å². The number of likely N-dealkylation sites (N-methyl/N-ethyl adjacent to an activating group) is 1. The molecule has 22 heavy (non-hydrogen) atoms. The molecule has 2 rings (SSSR count). The molecular weight excluding hydrogens is 308 g/mol. The van der Waals surface area contributed by atoms with Gasteiger partial charge in [0.2, 0.25) is 5.91 Å². The average molecular weight is 325 g/mol. The number of benzene rings is 1. The number of nitrogens with one attached hydrogen (secondary N) is 1. The molecule has 118 valence electrons. The van der Waals surface area contributed by atoms with Crippen LogP contribution in [-0.4, -0.2) is 42.7 Å². The first-order chi connectivity index (χ1) is 10.3. The van der Waals surface area contributed by atoms with Crippen molar-refractivity contribution >= 4 is 34.9 Å². The van der Waals surface area contributed by atoms with E-state index < -0.39 is 11.5 Å². The molecule has 7 heteroatoms. The molecule has 6 nitrogen and oxygen atoms in total. The number of carbonyl (C=O) groups excluding carboxylic acids is 3. The van der Waals surface area contributed by atoms with E-state index in [-0.39, 0.29) is 24.1 Å². The normalized spacial score (nSPS) is 18.3. The molecule has 0 aromatic heterocycles. The minimum absolute atomic E-state index is 0.135. The smallest absolute Gasteiger partial charge is 0.268 e. The highest BCUT2D eigenvalue weighted by Gasteiger charge is 2.33. The highest BCUT2D eigenvalue weighted by molar-refractivity contribution is 6.33. The lowest BCUT2D eigenvalue weighted by atomic mass is 10.1. The van der Waals surface area contributed by atoms with Gasteiger partial charge in [-0.3, -0.25) is 19.3 Å². The number of carbonyl (C=O) groups is 3. The van der Waals surface area contributed by atoms with Crippen molar-refractivity contribution in [2.75, 3.05) is 18.5 Å². The summed E-state index contributed by atoms with van der Waals surface area (Å²) in [6.45, 7) is 3.06. The van der Waals surface area contributed by atoms with E-state index >= 15 is 0 Å². The van der Waals surface area contributed by atoms with Gasteiger partial charge in [0.05, 0.1) is 11.1 Å². The summed E-state index contributed by atoms with van der Waals surface area (Å²) in [5.74, 6) is -0.444. The molecular formula is C15H17ClN2O4. The van der Waals surface area contributed by atoms with E-state index in [2.05, 4.69) is 5.32 Å². The standard InChI is InChI=1S/C15H17ClN2O4/c1-8(16)14(20)10-4-5-12-11(6-10)18(7-13(19)17-3)15(21)9(2)22-12/h4-6,8-9H,7H2,1-3H3,(H,17,19). The van der Waals surface area contributed by atoms with E-state index in [1.165, 1.54) is 18.0 Å². The third-order valence-electron chi connectivity index (χ3n) is 3.39. The number of Topliss-reactive ketones (excluding diaryl/α,β-unsaturated/α-hetero) is 1. The Kier molecular flexibility index (Phi) is 4.71. The molecule has 0 spiro atoms. The molecule has 0 aliphatic carbocycles. The van der Waals surface area contributed by atoms with E-state index in [9.17, 15) is 14.4 Å². The van der Waals surface area contributed by atoms with Crippen LogP contribution in [0.2, 0.25) is 0 Å². The fourth-order valence-electron chi connectivity index (χ4n) is 2.18. The molecule has 0 saturated heterocycles. The molecule has 1 aliphatic rings. The van der Waals surface area contributed by atoms with Crippen LogP contribution < -0.4 is 15.0 Å². The number of ketones is 1. The Bertz CT molecular complexity index is 630. The quantitative estimate of drug-likeness (QED) is 0.670. The van der Waals surface area contributed by atoms with Crippen molar-refractivity contribution in [2.45, 2.75) is 25.3 Å². The van der Waals surface area contributed by atoms with Crippen LogP contribution >= 0.6 is 11.6 Å². The second-order valence-electron chi connectivity index (χ2n) is 5.02. The zero-order valence-corrected chi connectivity index (χ0v) is 13.3. The fourth-order valence-corrected chi connectivity index (χ4v) is 2.30. The fraction of sp³-hybridized carbons (Fsp3) is 0.400. The maximum Gasteiger partial charge on any atom is 0.268 e. The Morgan fingerprint density at radius 2 is 2.14 bits per heavy atom. The first kappa shape index (κ1) is 16.3.